The summed E-state index contributed by atoms with van der Waals surface area (Å²) in [5.74, 6) is 1.71. The summed E-state index contributed by atoms with van der Waals surface area (Å²) in [4.78, 5) is 2.66. The molecule has 2 heterocycles. The van der Waals surface area contributed by atoms with Crippen LogP contribution in [0.4, 0.5) is 5.69 Å². The molecule has 3 aliphatic rings. The number of hydrogen-bond acceptors (Lipinski definition) is 3. The van der Waals surface area contributed by atoms with E-state index in [9.17, 15) is 0 Å². The second-order valence-electron chi connectivity index (χ2n) is 6.91. The van der Waals surface area contributed by atoms with Crippen LogP contribution in [0, 0.1) is 11.8 Å². The Morgan fingerprint density at radius 1 is 1.10 bits per heavy atom. The maximum absolute atomic E-state index is 5.52. The van der Waals surface area contributed by atoms with Crippen LogP contribution in [0.2, 0.25) is 0 Å². The minimum Gasteiger partial charge on any atom is -0.381 e. The SMILES string of the molecule is c1ccc2c(c1)CNC(C1CC1)CN2CC1CCOCC1. The Morgan fingerprint density at radius 3 is 2.71 bits per heavy atom. The average molecular weight is 286 g/mol. The van der Waals surface area contributed by atoms with Crippen LogP contribution in [-0.4, -0.2) is 32.3 Å². The summed E-state index contributed by atoms with van der Waals surface area (Å²) in [5, 5.41) is 3.80. The van der Waals surface area contributed by atoms with Crippen molar-refractivity contribution in [2.24, 2.45) is 11.8 Å². The van der Waals surface area contributed by atoms with E-state index < -0.39 is 0 Å². The van der Waals surface area contributed by atoms with Crippen LogP contribution in [0.1, 0.15) is 31.2 Å². The van der Waals surface area contributed by atoms with E-state index in [0.717, 1.165) is 31.6 Å². The van der Waals surface area contributed by atoms with E-state index in [-0.39, 0.29) is 0 Å². The third-order valence-corrected chi connectivity index (χ3v) is 5.31. The minimum atomic E-state index is 0.678. The van der Waals surface area contributed by atoms with Gasteiger partial charge in [-0.2, -0.15) is 0 Å². The van der Waals surface area contributed by atoms with Gasteiger partial charge in [-0.1, -0.05) is 18.2 Å². The molecule has 1 N–H and O–H groups in total. The van der Waals surface area contributed by atoms with Gasteiger partial charge in [0.05, 0.1) is 0 Å². The standard InChI is InChI=1S/C18H26N2O/c1-2-4-18-16(3-1)11-19-17(15-5-6-15)13-20(18)12-14-7-9-21-10-8-14/h1-4,14-15,17,19H,5-13H2. The molecule has 3 heteroatoms. The van der Waals surface area contributed by atoms with Crippen LogP contribution in [0.3, 0.4) is 0 Å². The molecular formula is C18H26N2O. The van der Waals surface area contributed by atoms with E-state index in [1.54, 1.807) is 0 Å². The fraction of sp³-hybridized carbons (Fsp3) is 0.667. The highest BCUT2D eigenvalue weighted by molar-refractivity contribution is 5.54. The van der Waals surface area contributed by atoms with Crippen LogP contribution in [-0.2, 0) is 11.3 Å². The lowest BCUT2D eigenvalue weighted by Gasteiger charge is -2.33. The highest BCUT2D eigenvalue weighted by Gasteiger charge is 2.34. The molecule has 0 radical (unpaired) electrons. The summed E-state index contributed by atoms with van der Waals surface area (Å²) in [6.07, 6.45) is 5.28. The molecule has 21 heavy (non-hydrogen) atoms. The number of para-hydroxylation sites is 1. The van der Waals surface area contributed by atoms with Gasteiger partial charge in [0, 0.05) is 44.6 Å². The number of benzene rings is 1. The molecule has 0 amide bonds. The highest BCUT2D eigenvalue weighted by atomic mass is 16.5. The average Bonchev–Trinajstić information content (AvgIpc) is 3.36. The van der Waals surface area contributed by atoms with Crippen molar-refractivity contribution in [1.29, 1.82) is 0 Å². The zero-order chi connectivity index (χ0) is 14.1. The second-order valence-corrected chi connectivity index (χ2v) is 6.91. The first-order valence-electron chi connectivity index (χ1n) is 8.54. The molecule has 3 nitrogen and oxygen atoms in total. The van der Waals surface area contributed by atoms with Crippen molar-refractivity contribution in [1.82, 2.24) is 5.32 Å². The van der Waals surface area contributed by atoms with Crippen molar-refractivity contribution < 1.29 is 4.74 Å². The zero-order valence-electron chi connectivity index (χ0n) is 12.8. The van der Waals surface area contributed by atoms with Gasteiger partial charge in [-0.05, 0) is 49.1 Å². The molecular weight excluding hydrogens is 260 g/mol. The Kier molecular flexibility index (Phi) is 3.87. The molecule has 1 saturated heterocycles. The molecule has 114 valence electrons. The lowest BCUT2D eigenvalue weighted by molar-refractivity contribution is 0.0681. The maximum Gasteiger partial charge on any atom is 0.0469 e. The summed E-state index contributed by atoms with van der Waals surface area (Å²) in [6.45, 7) is 5.31. The molecule has 1 aromatic rings. The van der Waals surface area contributed by atoms with E-state index in [4.69, 9.17) is 4.74 Å². The molecule has 2 fully saturated rings. The Balaban J connectivity index is 1.54. The summed E-state index contributed by atoms with van der Waals surface area (Å²) in [5.41, 5.74) is 2.92. The van der Waals surface area contributed by atoms with E-state index >= 15 is 0 Å². The number of rotatable bonds is 3. The molecule has 4 rings (SSSR count). The number of anilines is 1. The number of nitrogens with zero attached hydrogens (tertiary/aromatic N) is 1. The number of hydrogen-bond donors (Lipinski definition) is 1. The summed E-state index contributed by atoms with van der Waals surface area (Å²) >= 11 is 0. The lowest BCUT2D eigenvalue weighted by Crippen LogP contribution is -2.42. The van der Waals surface area contributed by atoms with Crippen LogP contribution in [0.15, 0.2) is 24.3 Å². The third-order valence-electron chi connectivity index (χ3n) is 5.31. The quantitative estimate of drug-likeness (QED) is 0.925. The molecule has 2 aliphatic heterocycles. The van der Waals surface area contributed by atoms with Crippen molar-refractivity contribution in [3.63, 3.8) is 0 Å². The highest BCUT2D eigenvalue weighted by Crippen LogP contribution is 2.36. The first-order chi connectivity index (χ1) is 10.4. The largest absolute Gasteiger partial charge is 0.381 e. The normalized spacial score (nSPS) is 27.2. The van der Waals surface area contributed by atoms with Crippen molar-refractivity contribution in [3.8, 4) is 0 Å². The van der Waals surface area contributed by atoms with Crippen molar-refractivity contribution >= 4 is 5.69 Å². The topological polar surface area (TPSA) is 24.5 Å². The molecule has 0 bridgehead atoms. The van der Waals surface area contributed by atoms with Gasteiger partial charge in [-0.15, -0.1) is 0 Å². The van der Waals surface area contributed by atoms with Gasteiger partial charge in [-0.25, -0.2) is 0 Å². The van der Waals surface area contributed by atoms with E-state index in [1.165, 1.54) is 50.0 Å². The predicted octanol–water partition coefficient (Wildman–Crippen LogP) is 2.80. The maximum atomic E-state index is 5.52. The Hall–Kier alpha value is -1.06. The van der Waals surface area contributed by atoms with Gasteiger partial charge in [0.15, 0.2) is 0 Å². The van der Waals surface area contributed by atoms with E-state index in [2.05, 4.69) is 34.5 Å². The van der Waals surface area contributed by atoms with Crippen LogP contribution in [0.5, 0.6) is 0 Å². The van der Waals surface area contributed by atoms with E-state index in [0.29, 0.717) is 6.04 Å². The molecule has 1 atom stereocenters. The van der Waals surface area contributed by atoms with Crippen LogP contribution in [0.25, 0.3) is 0 Å². The van der Waals surface area contributed by atoms with Gasteiger partial charge < -0.3 is 15.0 Å². The summed E-state index contributed by atoms with van der Waals surface area (Å²) in [7, 11) is 0. The molecule has 1 unspecified atom stereocenters. The molecule has 1 aromatic carbocycles. The second kappa shape index (κ2) is 5.98. The Bertz CT molecular complexity index is 480. The summed E-state index contributed by atoms with van der Waals surface area (Å²) < 4.78 is 5.52. The van der Waals surface area contributed by atoms with Gasteiger partial charge >= 0.3 is 0 Å². The zero-order valence-corrected chi connectivity index (χ0v) is 12.8. The Morgan fingerprint density at radius 2 is 1.90 bits per heavy atom. The van der Waals surface area contributed by atoms with Crippen molar-refractivity contribution in [3.05, 3.63) is 29.8 Å². The monoisotopic (exact) mass is 286 g/mol. The van der Waals surface area contributed by atoms with Crippen LogP contribution >= 0.6 is 0 Å². The third kappa shape index (κ3) is 3.09. The van der Waals surface area contributed by atoms with Crippen molar-refractivity contribution in [2.75, 3.05) is 31.2 Å². The fourth-order valence-electron chi connectivity index (χ4n) is 3.84. The number of nitrogens with one attached hydrogen (secondary N) is 1. The van der Waals surface area contributed by atoms with E-state index in [1.807, 2.05) is 0 Å². The molecule has 1 aliphatic carbocycles. The first-order valence-corrected chi connectivity index (χ1v) is 8.54. The van der Waals surface area contributed by atoms with Gasteiger partial charge in [0.2, 0.25) is 0 Å². The molecule has 0 spiro atoms. The van der Waals surface area contributed by atoms with Gasteiger partial charge in [0.25, 0.3) is 0 Å². The number of ether oxygens (including phenoxy) is 1. The lowest BCUT2D eigenvalue weighted by atomic mass is 9.98. The van der Waals surface area contributed by atoms with Gasteiger partial charge in [-0.3, -0.25) is 0 Å². The predicted molar refractivity (Wildman–Crippen MR) is 85.5 cm³/mol. The Labute approximate surface area is 127 Å². The number of fused-ring (bicyclic) bond motifs is 1. The summed E-state index contributed by atoms with van der Waals surface area (Å²) in [6, 6.07) is 9.63. The van der Waals surface area contributed by atoms with Crippen molar-refractivity contribution in [2.45, 2.75) is 38.3 Å². The molecule has 0 aromatic heterocycles. The minimum absolute atomic E-state index is 0.678. The molecule has 1 saturated carbocycles. The fourth-order valence-corrected chi connectivity index (χ4v) is 3.84. The first kappa shape index (κ1) is 13.6. The van der Waals surface area contributed by atoms with Gasteiger partial charge in [0.1, 0.15) is 0 Å². The van der Waals surface area contributed by atoms with Crippen LogP contribution < -0.4 is 10.2 Å². The smallest absolute Gasteiger partial charge is 0.0469 e.